The second-order valence-electron chi connectivity index (χ2n) is 4.28. The first-order valence-corrected chi connectivity index (χ1v) is 6.61. The van der Waals surface area contributed by atoms with Gasteiger partial charge in [0.15, 0.2) is 6.20 Å². The molecule has 5 nitrogen and oxygen atoms in total. The zero-order valence-corrected chi connectivity index (χ0v) is 12.1. The van der Waals surface area contributed by atoms with Crippen molar-refractivity contribution in [3.8, 4) is 0 Å². The number of pyridine rings is 1. The van der Waals surface area contributed by atoms with E-state index in [0.717, 1.165) is 17.0 Å². The molecule has 0 radical (unpaired) electrons. The third-order valence-electron chi connectivity index (χ3n) is 2.90. The van der Waals surface area contributed by atoms with Crippen molar-refractivity contribution in [3.05, 3.63) is 47.6 Å². The molecule has 1 aromatic carbocycles. The molecular weight excluding hydrogens is 276 g/mol. The topological polar surface area (TPSA) is 52.1 Å². The van der Waals surface area contributed by atoms with Crippen molar-refractivity contribution < 1.29 is 9.94 Å². The van der Waals surface area contributed by atoms with Gasteiger partial charge in [-0.2, -0.15) is 0 Å². The van der Waals surface area contributed by atoms with Crippen LogP contribution in [0.2, 0.25) is 5.02 Å². The minimum absolute atomic E-state index is 0.309. The Morgan fingerprint density at radius 1 is 1.15 bits per heavy atom. The molecule has 104 valence electrons. The van der Waals surface area contributed by atoms with Crippen molar-refractivity contribution in [1.82, 2.24) is 0 Å². The monoisotopic (exact) mass is 291 g/mol. The summed E-state index contributed by atoms with van der Waals surface area (Å²) in [4.78, 5) is 2.13. The van der Waals surface area contributed by atoms with Crippen molar-refractivity contribution in [2.75, 3.05) is 18.5 Å². The molecule has 0 spiro atoms. The summed E-state index contributed by atoms with van der Waals surface area (Å²) in [5.74, 6) is 0.309. The van der Waals surface area contributed by atoms with Gasteiger partial charge < -0.3 is 10.1 Å². The fourth-order valence-corrected chi connectivity index (χ4v) is 1.76. The standard InChI is InChI=1S/C14H16ClN4O/c1-3-18(2)13-7-5-12(6-8-13)16-17-14-9-4-11(15)10-19(14)20/h4-10,20H,3H2,1-2H3/q+1. The van der Waals surface area contributed by atoms with E-state index in [1.165, 1.54) is 6.20 Å². The Hall–Kier alpha value is -2.14. The molecule has 0 amide bonds. The lowest BCUT2D eigenvalue weighted by Gasteiger charge is -2.15. The summed E-state index contributed by atoms with van der Waals surface area (Å²) in [6.07, 6.45) is 1.36. The molecule has 2 rings (SSSR count). The van der Waals surface area contributed by atoms with E-state index in [9.17, 15) is 5.21 Å². The summed E-state index contributed by atoms with van der Waals surface area (Å²) in [7, 11) is 2.03. The second-order valence-corrected chi connectivity index (χ2v) is 4.72. The van der Waals surface area contributed by atoms with Gasteiger partial charge in [-0.1, -0.05) is 11.6 Å². The van der Waals surface area contributed by atoms with E-state index in [0.29, 0.717) is 16.5 Å². The fourth-order valence-electron chi connectivity index (χ4n) is 1.60. The van der Waals surface area contributed by atoms with Crippen LogP contribution >= 0.6 is 11.6 Å². The molecule has 1 heterocycles. The highest BCUT2D eigenvalue weighted by Gasteiger charge is 2.09. The van der Waals surface area contributed by atoms with E-state index in [4.69, 9.17) is 11.6 Å². The Morgan fingerprint density at radius 2 is 1.85 bits per heavy atom. The zero-order chi connectivity index (χ0) is 14.5. The fraction of sp³-hybridized carbons (Fsp3) is 0.214. The van der Waals surface area contributed by atoms with Crippen LogP contribution in [0.4, 0.5) is 17.2 Å². The molecule has 0 saturated carbocycles. The first-order valence-electron chi connectivity index (χ1n) is 6.23. The van der Waals surface area contributed by atoms with E-state index < -0.39 is 0 Å². The van der Waals surface area contributed by atoms with Gasteiger partial charge in [0.1, 0.15) is 5.69 Å². The summed E-state index contributed by atoms with van der Waals surface area (Å²) in [5, 5.41) is 18.1. The maximum atomic E-state index is 9.59. The SMILES string of the molecule is CCN(C)c1ccc(N=Nc2ccc(Cl)c[n+]2O)cc1. The predicted octanol–water partition coefficient (Wildman–Crippen LogP) is 3.74. The molecule has 0 atom stereocenters. The number of aromatic nitrogens is 1. The van der Waals surface area contributed by atoms with Gasteiger partial charge in [-0.3, -0.25) is 0 Å². The normalized spacial score (nSPS) is 10.9. The van der Waals surface area contributed by atoms with Gasteiger partial charge in [-0.05, 0) is 47.1 Å². The second kappa shape index (κ2) is 6.34. The smallest absolute Gasteiger partial charge is 0.375 e. The number of halogens is 1. The average Bonchev–Trinajstić information content (AvgIpc) is 2.46. The van der Waals surface area contributed by atoms with Crippen LogP contribution in [0.5, 0.6) is 0 Å². The molecule has 0 aliphatic carbocycles. The highest BCUT2D eigenvalue weighted by molar-refractivity contribution is 6.30. The van der Waals surface area contributed by atoms with Gasteiger partial charge in [-0.15, -0.1) is 0 Å². The van der Waals surface area contributed by atoms with Crippen LogP contribution in [0.1, 0.15) is 6.92 Å². The first-order chi connectivity index (χ1) is 9.60. The van der Waals surface area contributed by atoms with Crippen LogP contribution in [0, 0.1) is 0 Å². The number of anilines is 1. The van der Waals surface area contributed by atoms with Crippen molar-refractivity contribution in [1.29, 1.82) is 0 Å². The van der Waals surface area contributed by atoms with Gasteiger partial charge in [0.2, 0.25) is 0 Å². The molecule has 0 unspecified atom stereocenters. The van der Waals surface area contributed by atoms with Crippen molar-refractivity contribution in [2.45, 2.75) is 6.92 Å². The molecule has 20 heavy (non-hydrogen) atoms. The molecule has 0 aliphatic heterocycles. The maximum absolute atomic E-state index is 9.59. The van der Waals surface area contributed by atoms with Crippen molar-refractivity contribution in [3.63, 3.8) is 0 Å². The molecule has 0 saturated heterocycles. The molecule has 0 aliphatic rings. The lowest BCUT2D eigenvalue weighted by atomic mass is 10.2. The lowest BCUT2D eigenvalue weighted by Crippen LogP contribution is -2.29. The Bertz CT molecular complexity index is 613. The quantitative estimate of drug-likeness (QED) is 0.530. The minimum atomic E-state index is 0.309. The van der Waals surface area contributed by atoms with Crippen molar-refractivity contribution in [2.24, 2.45) is 10.2 Å². The number of benzene rings is 1. The van der Waals surface area contributed by atoms with E-state index >= 15 is 0 Å². The molecule has 1 N–H and O–H groups in total. The number of rotatable bonds is 4. The lowest BCUT2D eigenvalue weighted by molar-refractivity contribution is -0.894. The van der Waals surface area contributed by atoms with Crippen LogP contribution in [-0.4, -0.2) is 18.8 Å². The summed E-state index contributed by atoms with van der Waals surface area (Å²) in [6, 6.07) is 10.9. The third kappa shape index (κ3) is 3.45. The summed E-state index contributed by atoms with van der Waals surface area (Å²) in [5.41, 5.74) is 1.84. The maximum Gasteiger partial charge on any atom is 0.388 e. The van der Waals surface area contributed by atoms with Gasteiger partial charge in [0, 0.05) is 25.3 Å². The molecular formula is C14H16ClN4O+. The highest BCUT2D eigenvalue weighted by atomic mass is 35.5. The molecule has 0 fully saturated rings. The van der Waals surface area contributed by atoms with Crippen LogP contribution in [0.15, 0.2) is 52.8 Å². The molecule has 2 aromatic rings. The number of hydrogen-bond donors (Lipinski definition) is 1. The van der Waals surface area contributed by atoms with Crippen molar-refractivity contribution >= 4 is 28.8 Å². The van der Waals surface area contributed by atoms with Crippen LogP contribution < -0.4 is 9.63 Å². The Morgan fingerprint density at radius 3 is 2.45 bits per heavy atom. The van der Waals surface area contributed by atoms with E-state index in [1.54, 1.807) is 12.1 Å². The summed E-state index contributed by atoms with van der Waals surface area (Å²) < 4.78 is 0.838. The Balaban J connectivity index is 2.15. The summed E-state index contributed by atoms with van der Waals surface area (Å²) in [6.45, 7) is 3.03. The molecule has 1 aromatic heterocycles. The highest BCUT2D eigenvalue weighted by Crippen LogP contribution is 2.20. The number of nitrogens with zero attached hydrogens (tertiary/aromatic N) is 4. The molecule has 0 bridgehead atoms. The van der Waals surface area contributed by atoms with E-state index in [2.05, 4.69) is 22.1 Å². The van der Waals surface area contributed by atoms with E-state index in [1.807, 2.05) is 31.3 Å². The van der Waals surface area contributed by atoms with Crippen LogP contribution in [-0.2, 0) is 0 Å². The van der Waals surface area contributed by atoms with E-state index in [-0.39, 0.29) is 0 Å². The largest absolute Gasteiger partial charge is 0.388 e. The minimum Gasteiger partial charge on any atom is -0.375 e. The van der Waals surface area contributed by atoms with Crippen LogP contribution in [0.3, 0.4) is 0 Å². The van der Waals surface area contributed by atoms with Crippen LogP contribution in [0.25, 0.3) is 0 Å². The van der Waals surface area contributed by atoms with Gasteiger partial charge in [-0.25, -0.2) is 0 Å². The van der Waals surface area contributed by atoms with Gasteiger partial charge in [0.25, 0.3) is 0 Å². The third-order valence-corrected chi connectivity index (χ3v) is 3.13. The Labute approximate surface area is 122 Å². The predicted molar refractivity (Wildman–Crippen MR) is 78.4 cm³/mol. The number of azo groups is 1. The Kier molecular flexibility index (Phi) is 4.53. The van der Waals surface area contributed by atoms with Gasteiger partial charge >= 0.3 is 5.82 Å². The average molecular weight is 292 g/mol. The van der Waals surface area contributed by atoms with Gasteiger partial charge in [0.05, 0.1) is 10.1 Å². The molecule has 6 heteroatoms. The zero-order valence-electron chi connectivity index (χ0n) is 11.4. The number of hydrogen-bond acceptors (Lipinski definition) is 4. The first kappa shape index (κ1) is 14.3. The summed E-state index contributed by atoms with van der Waals surface area (Å²) >= 11 is 5.74.